The van der Waals surface area contributed by atoms with Gasteiger partial charge in [-0.15, -0.1) is 11.3 Å². The van der Waals surface area contributed by atoms with E-state index in [1.807, 2.05) is 0 Å². The number of aromatic nitrogens is 2. The number of thiazole rings is 1. The predicted molar refractivity (Wildman–Crippen MR) is 76.3 cm³/mol. The van der Waals surface area contributed by atoms with E-state index in [0.29, 0.717) is 0 Å². The molecule has 1 unspecified atom stereocenters. The largest absolute Gasteiger partial charge is 0.355 e. The molecule has 1 aliphatic heterocycles. The zero-order valence-corrected chi connectivity index (χ0v) is 12.3. The fraction of sp³-hybridized carbons (Fsp3) is 0.583. The molecule has 1 atom stereocenters. The molecule has 2 aromatic heterocycles. The van der Waals surface area contributed by atoms with Gasteiger partial charge in [-0.3, -0.25) is 4.40 Å². The molecule has 3 heterocycles. The molecule has 0 N–H and O–H groups in total. The summed E-state index contributed by atoms with van der Waals surface area (Å²) < 4.78 is 2.20. The number of nitrogens with zero attached hydrogens (tertiary/aromatic N) is 3. The Balaban J connectivity index is 1.97. The first kappa shape index (κ1) is 11.5. The highest BCUT2D eigenvalue weighted by atomic mass is 79.9. The molecule has 1 fully saturated rings. The highest BCUT2D eigenvalue weighted by molar-refractivity contribution is 9.08. The van der Waals surface area contributed by atoms with Crippen molar-refractivity contribution in [2.45, 2.75) is 25.1 Å². The number of halogens is 1. The van der Waals surface area contributed by atoms with Crippen molar-refractivity contribution < 1.29 is 0 Å². The van der Waals surface area contributed by atoms with Crippen LogP contribution in [0.1, 0.15) is 25.5 Å². The Hall–Kier alpha value is -0.550. The first-order chi connectivity index (χ1) is 8.33. The number of imidazole rings is 1. The van der Waals surface area contributed by atoms with Gasteiger partial charge in [-0.25, -0.2) is 4.98 Å². The number of anilines is 1. The highest BCUT2D eigenvalue weighted by Gasteiger charge is 2.25. The summed E-state index contributed by atoms with van der Waals surface area (Å²) in [6, 6.07) is 0. The molecule has 0 amide bonds. The van der Waals surface area contributed by atoms with Gasteiger partial charge in [0.25, 0.3) is 0 Å². The van der Waals surface area contributed by atoms with Crippen molar-refractivity contribution in [2.24, 2.45) is 5.92 Å². The molecule has 17 heavy (non-hydrogen) atoms. The van der Waals surface area contributed by atoms with Crippen molar-refractivity contribution in [1.82, 2.24) is 9.38 Å². The fourth-order valence-electron chi connectivity index (χ4n) is 2.56. The molecule has 2 aromatic rings. The molecule has 3 rings (SSSR count). The van der Waals surface area contributed by atoms with E-state index in [9.17, 15) is 0 Å². The number of hydrogen-bond donors (Lipinski definition) is 0. The topological polar surface area (TPSA) is 20.5 Å². The van der Waals surface area contributed by atoms with Crippen molar-refractivity contribution in [3.8, 4) is 0 Å². The van der Waals surface area contributed by atoms with E-state index in [4.69, 9.17) is 4.98 Å². The quantitative estimate of drug-likeness (QED) is 0.808. The molecule has 92 valence electrons. The maximum atomic E-state index is 4.77. The molecule has 1 aliphatic rings. The van der Waals surface area contributed by atoms with Crippen LogP contribution in [0.15, 0.2) is 11.6 Å². The summed E-state index contributed by atoms with van der Waals surface area (Å²) in [5.41, 5.74) is 1.29. The zero-order chi connectivity index (χ0) is 11.8. The molecular weight excluding hydrogens is 298 g/mol. The molecule has 0 aliphatic carbocycles. The summed E-state index contributed by atoms with van der Waals surface area (Å²) in [4.78, 5) is 8.33. The lowest BCUT2D eigenvalue weighted by Gasteiger charge is -2.16. The third-order valence-electron chi connectivity index (χ3n) is 3.63. The average molecular weight is 314 g/mol. The van der Waals surface area contributed by atoms with Crippen LogP contribution in [0.25, 0.3) is 4.96 Å². The van der Waals surface area contributed by atoms with E-state index in [2.05, 4.69) is 43.7 Å². The molecule has 0 spiro atoms. The summed E-state index contributed by atoms with van der Waals surface area (Å²) in [5, 5.41) is 2.96. The number of rotatable bonds is 3. The van der Waals surface area contributed by atoms with Gasteiger partial charge in [-0.2, -0.15) is 0 Å². The summed E-state index contributed by atoms with van der Waals surface area (Å²) >= 11 is 5.30. The van der Waals surface area contributed by atoms with Crippen LogP contribution in [0.5, 0.6) is 0 Å². The van der Waals surface area contributed by atoms with Crippen LogP contribution >= 0.6 is 27.3 Å². The zero-order valence-electron chi connectivity index (χ0n) is 9.90. The lowest BCUT2D eigenvalue weighted by atomic mass is 10.1. The van der Waals surface area contributed by atoms with Crippen molar-refractivity contribution in [3.05, 3.63) is 17.3 Å². The molecule has 0 bridgehead atoms. The lowest BCUT2D eigenvalue weighted by molar-refractivity contribution is 0.568. The van der Waals surface area contributed by atoms with Crippen molar-refractivity contribution in [2.75, 3.05) is 18.0 Å². The standard InChI is InChI=1S/C12H16BrN3S/c1-2-9-3-4-15(8-9)11-10(7-13)16-5-6-17-12(16)14-11/h5-6,9H,2-4,7-8H2,1H3. The van der Waals surface area contributed by atoms with Gasteiger partial charge in [0.1, 0.15) is 0 Å². The molecule has 1 saturated heterocycles. The molecular formula is C12H16BrN3S. The Labute approximate surface area is 114 Å². The first-order valence-electron chi connectivity index (χ1n) is 6.08. The Morgan fingerprint density at radius 3 is 3.18 bits per heavy atom. The van der Waals surface area contributed by atoms with Gasteiger partial charge in [0.2, 0.25) is 0 Å². The third-order valence-corrected chi connectivity index (χ3v) is 4.92. The van der Waals surface area contributed by atoms with E-state index >= 15 is 0 Å². The summed E-state index contributed by atoms with van der Waals surface area (Å²) in [6.07, 6.45) is 4.70. The minimum absolute atomic E-state index is 0.845. The van der Waals surface area contributed by atoms with Crippen molar-refractivity contribution in [1.29, 1.82) is 0 Å². The average Bonchev–Trinajstić information content (AvgIpc) is 3.02. The molecule has 0 saturated carbocycles. The molecule has 5 heteroatoms. The van der Waals surface area contributed by atoms with E-state index in [0.717, 1.165) is 22.8 Å². The van der Waals surface area contributed by atoms with Crippen LogP contribution in [0.2, 0.25) is 0 Å². The maximum Gasteiger partial charge on any atom is 0.195 e. The SMILES string of the molecule is CCC1CCN(c2nc3sccn3c2CBr)C1. The third kappa shape index (κ3) is 1.89. The van der Waals surface area contributed by atoms with E-state index < -0.39 is 0 Å². The Kier molecular flexibility index (Phi) is 3.13. The van der Waals surface area contributed by atoms with Gasteiger partial charge in [0, 0.05) is 30.0 Å². The predicted octanol–water partition coefficient (Wildman–Crippen LogP) is 3.53. The van der Waals surface area contributed by atoms with Crippen LogP contribution in [0, 0.1) is 5.92 Å². The van der Waals surface area contributed by atoms with Crippen LogP contribution in [0.3, 0.4) is 0 Å². The Morgan fingerprint density at radius 2 is 2.47 bits per heavy atom. The second-order valence-corrected chi connectivity index (χ2v) is 6.01. The van der Waals surface area contributed by atoms with E-state index in [1.54, 1.807) is 11.3 Å². The second kappa shape index (κ2) is 4.61. The first-order valence-corrected chi connectivity index (χ1v) is 8.09. The highest BCUT2D eigenvalue weighted by Crippen LogP contribution is 2.31. The minimum atomic E-state index is 0.845. The number of alkyl halides is 1. The van der Waals surface area contributed by atoms with Crippen LogP contribution in [0.4, 0.5) is 5.82 Å². The molecule has 0 radical (unpaired) electrons. The Morgan fingerprint density at radius 1 is 1.59 bits per heavy atom. The van der Waals surface area contributed by atoms with Gasteiger partial charge >= 0.3 is 0 Å². The van der Waals surface area contributed by atoms with Gasteiger partial charge in [-0.1, -0.05) is 29.3 Å². The van der Waals surface area contributed by atoms with Gasteiger partial charge < -0.3 is 4.90 Å². The number of hydrogen-bond acceptors (Lipinski definition) is 3. The number of fused-ring (bicyclic) bond motifs is 1. The van der Waals surface area contributed by atoms with Gasteiger partial charge in [-0.05, 0) is 12.3 Å². The second-order valence-electron chi connectivity index (χ2n) is 4.58. The lowest BCUT2D eigenvalue weighted by Crippen LogP contribution is -2.21. The Bertz CT molecular complexity index is 519. The van der Waals surface area contributed by atoms with Crippen LogP contribution in [-0.4, -0.2) is 22.5 Å². The fourth-order valence-corrected chi connectivity index (χ4v) is 3.81. The van der Waals surface area contributed by atoms with E-state index in [-0.39, 0.29) is 0 Å². The molecule has 0 aromatic carbocycles. The summed E-state index contributed by atoms with van der Waals surface area (Å²) in [6.45, 7) is 4.61. The summed E-state index contributed by atoms with van der Waals surface area (Å²) in [7, 11) is 0. The van der Waals surface area contributed by atoms with Crippen molar-refractivity contribution in [3.63, 3.8) is 0 Å². The van der Waals surface area contributed by atoms with Gasteiger partial charge in [0.15, 0.2) is 10.8 Å². The smallest absolute Gasteiger partial charge is 0.195 e. The monoisotopic (exact) mass is 313 g/mol. The van der Waals surface area contributed by atoms with E-state index in [1.165, 1.54) is 30.9 Å². The maximum absolute atomic E-state index is 4.77. The van der Waals surface area contributed by atoms with Crippen molar-refractivity contribution >= 4 is 38.0 Å². The summed E-state index contributed by atoms with van der Waals surface area (Å²) in [5.74, 6) is 2.03. The van der Waals surface area contributed by atoms with Crippen LogP contribution in [-0.2, 0) is 5.33 Å². The normalized spacial score (nSPS) is 20.6. The van der Waals surface area contributed by atoms with Gasteiger partial charge in [0.05, 0.1) is 5.69 Å². The van der Waals surface area contributed by atoms with Crippen LogP contribution < -0.4 is 4.90 Å². The minimum Gasteiger partial charge on any atom is -0.355 e. The molecule has 3 nitrogen and oxygen atoms in total.